The fourth-order valence-electron chi connectivity index (χ4n) is 2.10. The average molecular weight is 310 g/mol. The predicted molar refractivity (Wildman–Crippen MR) is 88.0 cm³/mol. The van der Waals surface area contributed by atoms with Crippen molar-refractivity contribution in [1.29, 1.82) is 5.26 Å². The first-order valence-electron chi connectivity index (χ1n) is 7.26. The molecule has 0 bridgehead atoms. The molecule has 0 atom stereocenters. The number of carbonyl (C=O) groups excluding carboxylic acids is 1. The number of hydrogen-bond donors (Lipinski definition) is 1. The highest BCUT2D eigenvalue weighted by Gasteiger charge is 2.12. The molecule has 0 radical (unpaired) electrons. The van der Waals surface area contributed by atoms with Gasteiger partial charge >= 0.3 is 0 Å². The van der Waals surface area contributed by atoms with Gasteiger partial charge in [0.05, 0.1) is 6.61 Å². The molecule has 23 heavy (non-hydrogen) atoms. The molecule has 1 aromatic heterocycles. The van der Waals surface area contributed by atoms with Crippen LogP contribution in [0.15, 0.2) is 40.3 Å². The maximum atomic E-state index is 12.2. The summed E-state index contributed by atoms with van der Waals surface area (Å²) in [4.78, 5) is 12.2. The number of carbonyl (C=O) groups is 1. The highest BCUT2D eigenvalue weighted by molar-refractivity contribution is 6.09. The first kappa shape index (κ1) is 16.4. The van der Waals surface area contributed by atoms with Gasteiger partial charge < -0.3 is 14.5 Å². The topological polar surface area (TPSA) is 75.3 Å². The number of ether oxygens (including phenoxy) is 1. The lowest BCUT2D eigenvalue weighted by atomic mass is 10.1. The average Bonchev–Trinajstić information content (AvgIpc) is 2.84. The van der Waals surface area contributed by atoms with Crippen LogP contribution in [0.2, 0.25) is 0 Å². The van der Waals surface area contributed by atoms with Gasteiger partial charge in [0, 0.05) is 11.3 Å². The fraction of sp³-hybridized carbons (Fsp3) is 0.222. The first-order chi connectivity index (χ1) is 11.0. The Kier molecular flexibility index (Phi) is 5.21. The largest absolute Gasteiger partial charge is 0.494 e. The molecule has 1 amide bonds. The Morgan fingerprint density at radius 1 is 1.35 bits per heavy atom. The normalized spacial score (nSPS) is 11.0. The minimum atomic E-state index is -0.463. The van der Waals surface area contributed by atoms with Crippen LogP contribution in [0.25, 0.3) is 6.08 Å². The van der Waals surface area contributed by atoms with Gasteiger partial charge in [0.2, 0.25) is 0 Å². The Bertz CT molecular complexity index is 765. The van der Waals surface area contributed by atoms with Crippen LogP contribution < -0.4 is 10.1 Å². The molecule has 2 aromatic rings. The van der Waals surface area contributed by atoms with Gasteiger partial charge in [-0.05, 0) is 57.2 Å². The van der Waals surface area contributed by atoms with Crippen molar-refractivity contribution in [3.63, 3.8) is 0 Å². The van der Waals surface area contributed by atoms with Gasteiger partial charge in [-0.1, -0.05) is 0 Å². The predicted octanol–water partition coefficient (Wildman–Crippen LogP) is 3.84. The van der Waals surface area contributed by atoms with Crippen LogP contribution in [0.3, 0.4) is 0 Å². The quantitative estimate of drug-likeness (QED) is 0.672. The van der Waals surface area contributed by atoms with Crippen LogP contribution in [0.4, 0.5) is 5.69 Å². The van der Waals surface area contributed by atoms with E-state index >= 15 is 0 Å². The number of anilines is 1. The SMILES string of the molecule is CCOc1ccc(NC(=O)/C(C#N)=C\c2cc(C)oc2C)cc1. The summed E-state index contributed by atoms with van der Waals surface area (Å²) in [6.07, 6.45) is 1.52. The van der Waals surface area contributed by atoms with Gasteiger partial charge in [0.1, 0.15) is 28.9 Å². The fourth-order valence-corrected chi connectivity index (χ4v) is 2.10. The van der Waals surface area contributed by atoms with Crippen LogP contribution in [0.1, 0.15) is 24.0 Å². The van der Waals surface area contributed by atoms with Crippen molar-refractivity contribution in [1.82, 2.24) is 0 Å². The maximum Gasteiger partial charge on any atom is 0.266 e. The van der Waals surface area contributed by atoms with Gasteiger partial charge in [-0.15, -0.1) is 0 Å². The molecule has 1 N–H and O–H groups in total. The summed E-state index contributed by atoms with van der Waals surface area (Å²) in [6, 6.07) is 10.7. The van der Waals surface area contributed by atoms with Crippen molar-refractivity contribution < 1.29 is 13.9 Å². The van der Waals surface area contributed by atoms with E-state index in [4.69, 9.17) is 9.15 Å². The monoisotopic (exact) mass is 310 g/mol. The molecule has 0 saturated carbocycles. The summed E-state index contributed by atoms with van der Waals surface area (Å²) in [7, 11) is 0. The van der Waals surface area contributed by atoms with E-state index < -0.39 is 5.91 Å². The minimum absolute atomic E-state index is 0.0165. The Labute approximate surface area is 135 Å². The second kappa shape index (κ2) is 7.32. The van der Waals surface area contributed by atoms with Crippen molar-refractivity contribution in [2.45, 2.75) is 20.8 Å². The van der Waals surface area contributed by atoms with Crippen molar-refractivity contribution >= 4 is 17.7 Å². The molecule has 1 aromatic carbocycles. The minimum Gasteiger partial charge on any atom is -0.494 e. The number of amides is 1. The lowest BCUT2D eigenvalue weighted by Crippen LogP contribution is -2.13. The molecule has 5 heteroatoms. The standard InChI is InChI=1S/C18H18N2O3/c1-4-22-17-7-5-16(6-8-17)20-18(21)15(11-19)10-14-9-12(2)23-13(14)3/h5-10H,4H2,1-3H3,(H,20,21)/b15-10-. The molecule has 0 spiro atoms. The molecule has 5 nitrogen and oxygen atoms in total. The highest BCUT2D eigenvalue weighted by Crippen LogP contribution is 2.19. The zero-order chi connectivity index (χ0) is 16.8. The summed E-state index contributed by atoms with van der Waals surface area (Å²) in [5, 5.41) is 11.9. The second-order valence-electron chi connectivity index (χ2n) is 4.95. The first-order valence-corrected chi connectivity index (χ1v) is 7.26. The lowest BCUT2D eigenvalue weighted by molar-refractivity contribution is -0.112. The van der Waals surface area contributed by atoms with E-state index in [1.165, 1.54) is 6.08 Å². The molecule has 0 aliphatic rings. The number of nitriles is 1. The smallest absolute Gasteiger partial charge is 0.266 e. The summed E-state index contributed by atoms with van der Waals surface area (Å²) in [5.74, 6) is 1.67. The molecule has 0 aliphatic heterocycles. The summed E-state index contributed by atoms with van der Waals surface area (Å²) in [5.41, 5.74) is 1.34. The molecule has 0 aliphatic carbocycles. The van der Waals surface area contributed by atoms with Crippen molar-refractivity contribution in [3.8, 4) is 11.8 Å². The molecular weight excluding hydrogens is 292 g/mol. The van der Waals surface area contributed by atoms with Gasteiger partial charge in [0.15, 0.2) is 0 Å². The Hall–Kier alpha value is -3.00. The molecule has 118 valence electrons. The van der Waals surface area contributed by atoms with Gasteiger partial charge in [-0.25, -0.2) is 0 Å². The van der Waals surface area contributed by atoms with Crippen LogP contribution in [0, 0.1) is 25.2 Å². The molecule has 1 heterocycles. The third-order valence-electron chi connectivity index (χ3n) is 3.17. The zero-order valence-corrected chi connectivity index (χ0v) is 13.3. The summed E-state index contributed by atoms with van der Waals surface area (Å²) >= 11 is 0. The third kappa shape index (κ3) is 4.24. The summed E-state index contributed by atoms with van der Waals surface area (Å²) < 4.78 is 10.7. The molecule has 2 rings (SSSR count). The number of aryl methyl sites for hydroxylation is 2. The molecule has 0 fully saturated rings. The van der Waals surface area contributed by atoms with E-state index in [9.17, 15) is 10.1 Å². The Morgan fingerprint density at radius 2 is 2.04 bits per heavy atom. The van der Waals surface area contributed by atoms with Crippen molar-refractivity contribution in [2.24, 2.45) is 0 Å². The van der Waals surface area contributed by atoms with Crippen LogP contribution >= 0.6 is 0 Å². The molecular formula is C18H18N2O3. The maximum absolute atomic E-state index is 12.2. The van der Waals surface area contributed by atoms with Crippen LogP contribution in [-0.2, 0) is 4.79 Å². The highest BCUT2D eigenvalue weighted by atomic mass is 16.5. The van der Waals surface area contributed by atoms with E-state index in [1.807, 2.05) is 19.9 Å². The number of nitrogens with zero attached hydrogens (tertiary/aromatic N) is 1. The Balaban J connectivity index is 2.14. The van der Waals surface area contributed by atoms with E-state index in [0.717, 1.165) is 17.1 Å². The van der Waals surface area contributed by atoms with Crippen LogP contribution in [0.5, 0.6) is 5.75 Å². The molecule has 0 unspecified atom stereocenters. The van der Waals surface area contributed by atoms with Crippen LogP contribution in [-0.4, -0.2) is 12.5 Å². The number of benzene rings is 1. The van der Waals surface area contributed by atoms with E-state index in [1.54, 1.807) is 37.3 Å². The number of rotatable bonds is 5. The van der Waals surface area contributed by atoms with Gasteiger partial charge in [-0.3, -0.25) is 4.79 Å². The van der Waals surface area contributed by atoms with E-state index in [-0.39, 0.29) is 5.57 Å². The second-order valence-corrected chi connectivity index (χ2v) is 4.95. The van der Waals surface area contributed by atoms with E-state index in [0.29, 0.717) is 18.1 Å². The van der Waals surface area contributed by atoms with Crippen molar-refractivity contribution in [2.75, 3.05) is 11.9 Å². The van der Waals surface area contributed by atoms with Gasteiger partial charge in [-0.2, -0.15) is 5.26 Å². The van der Waals surface area contributed by atoms with Crippen molar-refractivity contribution in [3.05, 3.63) is 53.0 Å². The Morgan fingerprint density at radius 3 is 2.57 bits per heavy atom. The third-order valence-corrected chi connectivity index (χ3v) is 3.17. The number of hydrogen-bond acceptors (Lipinski definition) is 4. The molecule has 0 saturated heterocycles. The number of nitrogens with one attached hydrogen (secondary N) is 1. The zero-order valence-electron chi connectivity index (χ0n) is 13.3. The lowest BCUT2D eigenvalue weighted by Gasteiger charge is -2.06. The van der Waals surface area contributed by atoms with E-state index in [2.05, 4.69) is 5.32 Å². The number of furan rings is 1. The van der Waals surface area contributed by atoms with Gasteiger partial charge in [0.25, 0.3) is 5.91 Å². The summed E-state index contributed by atoms with van der Waals surface area (Å²) in [6.45, 7) is 6.09.